The molecule has 0 bridgehead atoms. The highest BCUT2D eigenvalue weighted by molar-refractivity contribution is 6.07. The van der Waals surface area contributed by atoms with Crippen molar-refractivity contribution in [1.82, 2.24) is 10.7 Å². The van der Waals surface area contributed by atoms with Crippen LogP contribution in [0.3, 0.4) is 0 Å². The third kappa shape index (κ3) is 4.56. The van der Waals surface area contributed by atoms with Gasteiger partial charge in [0.1, 0.15) is 5.76 Å². The van der Waals surface area contributed by atoms with Crippen molar-refractivity contribution in [2.75, 3.05) is 0 Å². The van der Waals surface area contributed by atoms with Gasteiger partial charge in [-0.25, -0.2) is 5.43 Å². The van der Waals surface area contributed by atoms with Crippen molar-refractivity contribution >= 4 is 23.2 Å². The number of amides is 2. The summed E-state index contributed by atoms with van der Waals surface area (Å²) in [5, 5.41) is 18.3. The van der Waals surface area contributed by atoms with Crippen LogP contribution in [0.4, 0.5) is 5.69 Å². The van der Waals surface area contributed by atoms with Crippen molar-refractivity contribution in [2.24, 2.45) is 5.10 Å². The summed E-state index contributed by atoms with van der Waals surface area (Å²) in [6.45, 7) is 1.83. The van der Waals surface area contributed by atoms with Gasteiger partial charge in [0.25, 0.3) is 17.5 Å². The van der Waals surface area contributed by atoms with Gasteiger partial charge in [-0.05, 0) is 38.7 Å². The quantitative estimate of drug-likeness (QED) is 0.538. The van der Waals surface area contributed by atoms with Gasteiger partial charge in [0.15, 0.2) is 5.76 Å². The molecule has 0 radical (unpaired) electrons. The van der Waals surface area contributed by atoms with Crippen LogP contribution in [0.25, 0.3) is 0 Å². The second-order valence-corrected chi connectivity index (χ2v) is 8.32. The number of carbonyl (C=O) groups excluding carboxylic acids is 2. The zero-order valence-corrected chi connectivity index (χ0v) is 18.0. The number of nitrogens with one attached hydrogen (secondary N) is 2. The molecule has 4 rings (SSSR count). The van der Waals surface area contributed by atoms with Gasteiger partial charge in [0, 0.05) is 41.3 Å². The Labute approximate surface area is 185 Å². The van der Waals surface area contributed by atoms with Gasteiger partial charge in [-0.1, -0.05) is 25.3 Å². The molecule has 0 aliphatic heterocycles. The van der Waals surface area contributed by atoms with Crippen molar-refractivity contribution in [3.8, 4) is 0 Å². The second-order valence-electron chi connectivity index (χ2n) is 8.32. The van der Waals surface area contributed by atoms with E-state index in [2.05, 4.69) is 15.8 Å². The molecule has 9 nitrogen and oxygen atoms in total. The lowest BCUT2D eigenvalue weighted by atomic mass is 9.93. The summed E-state index contributed by atoms with van der Waals surface area (Å²) in [6, 6.07) is 5.66. The van der Waals surface area contributed by atoms with E-state index in [0.29, 0.717) is 30.1 Å². The van der Waals surface area contributed by atoms with Gasteiger partial charge >= 0.3 is 0 Å². The number of hydrazone groups is 1. The maximum atomic E-state index is 12.8. The van der Waals surface area contributed by atoms with Crippen molar-refractivity contribution in [3.05, 3.63) is 62.6 Å². The highest BCUT2D eigenvalue weighted by Gasteiger charge is 2.29. The summed E-state index contributed by atoms with van der Waals surface area (Å²) in [6.07, 6.45) is 7.55. The van der Waals surface area contributed by atoms with Crippen LogP contribution in [0.15, 0.2) is 33.8 Å². The third-order valence-corrected chi connectivity index (χ3v) is 6.08. The Morgan fingerprint density at radius 3 is 2.66 bits per heavy atom. The maximum absolute atomic E-state index is 12.8. The fourth-order valence-electron chi connectivity index (χ4n) is 4.44. The van der Waals surface area contributed by atoms with Gasteiger partial charge in [0.05, 0.1) is 10.6 Å². The summed E-state index contributed by atoms with van der Waals surface area (Å²) in [4.78, 5) is 35.7. The van der Waals surface area contributed by atoms with Crippen LogP contribution in [-0.4, -0.2) is 28.5 Å². The number of hydrogen-bond acceptors (Lipinski definition) is 6. The van der Waals surface area contributed by atoms with E-state index >= 15 is 0 Å². The Morgan fingerprint density at radius 1 is 1.12 bits per heavy atom. The molecule has 2 aliphatic rings. The Morgan fingerprint density at radius 2 is 1.91 bits per heavy atom. The first-order valence-electron chi connectivity index (χ1n) is 11.0. The van der Waals surface area contributed by atoms with E-state index in [1.807, 2.05) is 6.92 Å². The summed E-state index contributed by atoms with van der Waals surface area (Å²) in [5.74, 6) is 0.264. The molecule has 0 spiro atoms. The number of nitrogens with zero attached hydrogens (tertiary/aromatic N) is 2. The summed E-state index contributed by atoms with van der Waals surface area (Å²) in [5.41, 5.74) is 4.61. The number of rotatable bonds is 5. The van der Waals surface area contributed by atoms with Gasteiger partial charge in [-0.15, -0.1) is 0 Å². The number of aryl methyl sites for hydroxylation is 1. The Bertz CT molecular complexity index is 1080. The molecule has 9 heteroatoms. The fourth-order valence-corrected chi connectivity index (χ4v) is 4.44. The molecule has 1 saturated carbocycles. The first-order chi connectivity index (χ1) is 15.4. The number of non-ortho nitro benzene ring substituents is 1. The molecule has 2 aromatic rings. The number of nitro groups is 1. The molecule has 0 saturated heterocycles. The molecule has 32 heavy (non-hydrogen) atoms. The van der Waals surface area contributed by atoms with Gasteiger partial charge < -0.3 is 9.73 Å². The van der Waals surface area contributed by atoms with Crippen LogP contribution in [0.5, 0.6) is 0 Å². The smallest absolute Gasteiger partial charge is 0.287 e. The normalized spacial score (nSPS) is 17.6. The lowest BCUT2D eigenvalue weighted by Gasteiger charge is -2.22. The third-order valence-electron chi connectivity index (χ3n) is 6.08. The standard InChI is InChI=1S/C23H26N4O5/c1-14-20-18(25-26-22(28)15-7-5-10-17(13-15)27(30)31)11-6-12-19(20)32-21(14)23(29)24-16-8-3-2-4-9-16/h5,7,10,13,16H,2-4,6,8-9,11-12H2,1H3,(H,24,29)(H,26,28)/b25-18+. The van der Waals surface area contributed by atoms with Crippen LogP contribution < -0.4 is 10.7 Å². The Kier molecular flexibility index (Phi) is 6.34. The lowest BCUT2D eigenvalue weighted by Crippen LogP contribution is -2.36. The Balaban J connectivity index is 1.52. The molecule has 1 fully saturated rings. The predicted molar refractivity (Wildman–Crippen MR) is 118 cm³/mol. The van der Waals surface area contributed by atoms with E-state index in [4.69, 9.17) is 4.42 Å². The highest BCUT2D eigenvalue weighted by Crippen LogP contribution is 2.30. The van der Waals surface area contributed by atoms with Gasteiger partial charge in [0.2, 0.25) is 0 Å². The van der Waals surface area contributed by atoms with Crippen LogP contribution in [0.2, 0.25) is 0 Å². The van der Waals surface area contributed by atoms with Gasteiger partial charge in [-0.2, -0.15) is 5.10 Å². The molecular formula is C23H26N4O5. The summed E-state index contributed by atoms with van der Waals surface area (Å²) in [7, 11) is 0. The average Bonchev–Trinajstić information content (AvgIpc) is 3.15. The van der Waals surface area contributed by atoms with Crippen molar-refractivity contribution in [1.29, 1.82) is 0 Å². The van der Waals surface area contributed by atoms with E-state index in [1.54, 1.807) is 0 Å². The largest absolute Gasteiger partial charge is 0.455 e. The van der Waals surface area contributed by atoms with E-state index in [-0.39, 0.29) is 23.2 Å². The summed E-state index contributed by atoms with van der Waals surface area (Å²) >= 11 is 0. The molecule has 0 unspecified atom stereocenters. The number of benzene rings is 1. The zero-order valence-electron chi connectivity index (χ0n) is 18.0. The number of fused-ring (bicyclic) bond motifs is 1. The minimum absolute atomic E-state index is 0.149. The number of carbonyl (C=O) groups is 2. The first kappa shape index (κ1) is 21.7. The minimum Gasteiger partial charge on any atom is -0.455 e. The molecule has 0 atom stereocenters. The highest BCUT2D eigenvalue weighted by atomic mass is 16.6. The molecular weight excluding hydrogens is 412 g/mol. The average molecular weight is 438 g/mol. The molecule has 1 aromatic carbocycles. The van der Waals surface area contributed by atoms with E-state index in [9.17, 15) is 19.7 Å². The van der Waals surface area contributed by atoms with Crippen LogP contribution in [-0.2, 0) is 6.42 Å². The van der Waals surface area contributed by atoms with Crippen molar-refractivity contribution in [3.63, 3.8) is 0 Å². The first-order valence-corrected chi connectivity index (χ1v) is 11.0. The number of hydrogen-bond donors (Lipinski definition) is 2. The Hall–Kier alpha value is -3.49. The number of nitro benzene ring substituents is 1. The molecule has 168 valence electrons. The number of furan rings is 1. The predicted octanol–water partition coefficient (Wildman–Crippen LogP) is 4.03. The lowest BCUT2D eigenvalue weighted by molar-refractivity contribution is -0.384. The topological polar surface area (TPSA) is 127 Å². The maximum Gasteiger partial charge on any atom is 0.287 e. The van der Waals surface area contributed by atoms with Crippen LogP contribution >= 0.6 is 0 Å². The molecule has 1 heterocycles. The minimum atomic E-state index is -0.551. The van der Waals surface area contributed by atoms with Crippen LogP contribution in [0.1, 0.15) is 82.7 Å². The SMILES string of the molecule is Cc1c(C(=O)NC2CCCCC2)oc2c1/C(=N/NC(=O)c1cccc([N+](=O)[O-])c1)CCC2. The molecule has 1 aromatic heterocycles. The van der Waals surface area contributed by atoms with Gasteiger partial charge in [-0.3, -0.25) is 19.7 Å². The fraction of sp³-hybridized carbons (Fsp3) is 0.435. The molecule has 2 N–H and O–H groups in total. The molecule has 2 aliphatic carbocycles. The monoisotopic (exact) mass is 438 g/mol. The van der Waals surface area contributed by atoms with Crippen molar-refractivity contribution in [2.45, 2.75) is 64.3 Å². The van der Waals surface area contributed by atoms with E-state index in [1.165, 1.54) is 30.7 Å². The van der Waals surface area contributed by atoms with E-state index < -0.39 is 10.8 Å². The second kappa shape index (κ2) is 9.33. The van der Waals surface area contributed by atoms with Crippen LogP contribution in [0, 0.1) is 17.0 Å². The zero-order chi connectivity index (χ0) is 22.7. The van der Waals surface area contributed by atoms with Crippen molar-refractivity contribution < 1.29 is 18.9 Å². The van der Waals surface area contributed by atoms with E-state index in [0.717, 1.165) is 43.2 Å². The molecule has 2 amide bonds. The summed E-state index contributed by atoms with van der Waals surface area (Å²) < 4.78 is 5.92.